The van der Waals surface area contributed by atoms with Crippen molar-refractivity contribution in [3.63, 3.8) is 0 Å². The van der Waals surface area contributed by atoms with Crippen LogP contribution in [-0.4, -0.2) is 26.7 Å². The molecule has 2 aliphatic rings. The molecule has 0 aliphatic carbocycles. The average molecular weight is 456 g/mol. The number of fused-ring (bicyclic) bond motifs is 2. The Morgan fingerprint density at radius 3 is 2.61 bits per heavy atom. The molecule has 4 aromatic rings. The molecule has 6 rings (SSSR count). The predicted octanol–water partition coefficient (Wildman–Crippen LogP) is 4.62. The third kappa shape index (κ3) is 3.59. The van der Waals surface area contributed by atoms with Gasteiger partial charge in [-0.25, -0.2) is 0 Å². The summed E-state index contributed by atoms with van der Waals surface area (Å²) >= 11 is 0. The number of hydrogen-bond acceptors (Lipinski definition) is 7. The molecule has 0 spiro atoms. The topological polar surface area (TPSA) is 84.4 Å². The number of nitrogens with zero attached hydrogens (tertiary/aromatic N) is 4. The van der Waals surface area contributed by atoms with E-state index in [1.54, 1.807) is 6.07 Å². The van der Waals surface area contributed by atoms with Gasteiger partial charge in [0.1, 0.15) is 6.10 Å². The molecule has 11 heteroatoms. The summed E-state index contributed by atoms with van der Waals surface area (Å²) < 4.78 is 62.2. The molecule has 0 bridgehead atoms. The zero-order valence-corrected chi connectivity index (χ0v) is 16.9. The van der Waals surface area contributed by atoms with Gasteiger partial charge in [-0.2, -0.15) is 23.3 Å². The van der Waals surface area contributed by atoms with E-state index in [0.29, 0.717) is 35.9 Å². The molecule has 1 atom stereocenters. The van der Waals surface area contributed by atoms with E-state index in [2.05, 4.69) is 15.2 Å². The lowest BCUT2D eigenvalue weighted by Gasteiger charge is -2.24. The fourth-order valence-electron chi connectivity index (χ4n) is 3.80. The highest BCUT2D eigenvalue weighted by atomic mass is 19.4. The molecule has 0 unspecified atom stereocenters. The predicted molar refractivity (Wildman–Crippen MR) is 106 cm³/mol. The minimum atomic E-state index is -4.41. The Kier molecular flexibility index (Phi) is 4.40. The molecule has 33 heavy (non-hydrogen) atoms. The van der Waals surface area contributed by atoms with Crippen LogP contribution in [0, 0.1) is 0 Å². The van der Waals surface area contributed by atoms with Crippen LogP contribution in [0.4, 0.5) is 13.2 Å². The molecule has 0 radical (unpaired) electrons. The smallest absolute Gasteiger partial charge is 0.416 e. The molecule has 2 aromatic heterocycles. The Morgan fingerprint density at radius 1 is 0.970 bits per heavy atom. The van der Waals surface area contributed by atoms with E-state index < -0.39 is 11.7 Å². The molecule has 2 aromatic carbocycles. The highest BCUT2D eigenvalue weighted by Gasteiger charge is 2.30. The number of benzene rings is 2. The third-order valence-electron chi connectivity index (χ3n) is 5.52. The largest absolute Gasteiger partial charge is 0.454 e. The maximum Gasteiger partial charge on any atom is 0.416 e. The van der Waals surface area contributed by atoms with Crippen molar-refractivity contribution in [2.45, 2.75) is 25.4 Å². The number of rotatable bonds is 3. The van der Waals surface area contributed by atoms with E-state index in [-0.39, 0.29) is 24.6 Å². The quantitative estimate of drug-likeness (QED) is 0.445. The van der Waals surface area contributed by atoms with Crippen LogP contribution in [0.3, 0.4) is 0 Å². The van der Waals surface area contributed by atoms with Gasteiger partial charge in [0.15, 0.2) is 17.2 Å². The maximum absolute atomic E-state index is 12.8. The van der Waals surface area contributed by atoms with Crippen molar-refractivity contribution in [1.82, 2.24) is 19.9 Å². The second kappa shape index (κ2) is 7.34. The maximum atomic E-state index is 12.8. The number of ether oxygens (including phenoxy) is 3. The Bertz CT molecular complexity index is 1330. The fraction of sp³-hybridized carbons (Fsp3) is 0.227. The Hall–Kier alpha value is -3.86. The van der Waals surface area contributed by atoms with Crippen LogP contribution >= 0.6 is 0 Å². The van der Waals surface area contributed by atoms with Gasteiger partial charge >= 0.3 is 6.18 Å². The Labute approximate surface area is 184 Å². The summed E-state index contributed by atoms with van der Waals surface area (Å²) in [5, 5.41) is 8.44. The van der Waals surface area contributed by atoms with Gasteiger partial charge in [0.25, 0.3) is 5.89 Å². The zero-order valence-electron chi connectivity index (χ0n) is 16.9. The van der Waals surface area contributed by atoms with Crippen LogP contribution in [-0.2, 0) is 24.1 Å². The van der Waals surface area contributed by atoms with E-state index in [1.165, 1.54) is 12.1 Å². The minimum absolute atomic E-state index is 0.173. The first kappa shape index (κ1) is 19.8. The van der Waals surface area contributed by atoms with E-state index in [4.69, 9.17) is 18.7 Å². The minimum Gasteiger partial charge on any atom is -0.454 e. The molecule has 0 fully saturated rings. The second-order valence-corrected chi connectivity index (χ2v) is 7.61. The van der Waals surface area contributed by atoms with Gasteiger partial charge in [-0.3, -0.25) is 4.68 Å². The molecular weight excluding hydrogens is 441 g/mol. The second-order valence-electron chi connectivity index (χ2n) is 7.61. The molecule has 0 N–H and O–H groups in total. The van der Waals surface area contributed by atoms with E-state index >= 15 is 0 Å². The molecule has 2 aliphatic heterocycles. The first-order valence-corrected chi connectivity index (χ1v) is 10.0. The van der Waals surface area contributed by atoms with Crippen LogP contribution in [0.1, 0.15) is 22.9 Å². The van der Waals surface area contributed by atoms with Crippen LogP contribution in [0.25, 0.3) is 23.0 Å². The van der Waals surface area contributed by atoms with Crippen molar-refractivity contribution in [1.29, 1.82) is 0 Å². The first-order valence-electron chi connectivity index (χ1n) is 10.0. The molecule has 168 valence electrons. The van der Waals surface area contributed by atoms with E-state index in [1.807, 2.05) is 22.9 Å². The molecule has 0 saturated carbocycles. The molecule has 8 nitrogen and oxygen atoms in total. The normalized spacial score (nSPS) is 17.2. The van der Waals surface area contributed by atoms with Gasteiger partial charge in [-0.1, -0.05) is 23.4 Å². The highest BCUT2D eigenvalue weighted by Crippen LogP contribution is 2.37. The standard InChI is InChI=1S/C22H15F3N4O4/c23-22(24,25)14-4-1-12(2-5-14)20-26-21(33-28-20)16-8-15-10-30-19(9-29(15)27-16)13-3-6-17-18(7-13)32-11-31-17/h1-8,19H,9-11H2/t19-/m1/s1. The average Bonchev–Trinajstić information content (AvgIpc) is 3.56. The number of aromatic nitrogens is 4. The Morgan fingerprint density at radius 2 is 1.79 bits per heavy atom. The Balaban J connectivity index is 1.22. The SMILES string of the molecule is FC(F)(F)c1ccc(-c2noc(-c3cc4n(n3)C[C@H](c3ccc5c(c3)OCO5)OC4)n2)cc1. The van der Waals surface area contributed by atoms with Gasteiger partial charge in [-0.05, 0) is 35.9 Å². The van der Waals surface area contributed by atoms with Crippen LogP contribution in [0.15, 0.2) is 53.1 Å². The van der Waals surface area contributed by atoms with Gasteiger partial charge < -0.3 is 18.7 Å². The van der Waals surface area contributed by atoms with Crippen molar-refractivity contribution in [2.24, 2.45) is 0 Å². The summed E-state index contributed by atoms with van der Waals surface area (Å²) in [5.74, 6) is 1.74. The van der Waals surface area contributed by atoms with Gasteiger partial charge in [0.05, 0.1) is 24.4 Å². The van der Waals surface area contributed by atoms with E-state index in [9.17, 15) is 13.2 Å². The monoisotopic (exact) mass is 456 g/mol. The summed E-state index contributed by atoms with van der Waals surface area (Å²) in [6, 6.07) is 12.0. The number of halogens is 3. The zero-order chi connectivity index (χ0) is 22.6. The summed E-state index contributed by atoms with van der Waals surface area (Å²) in [6.07, 6.45) is -4.62. The molecule has 0 amide bonds. The summed E-state index contributed by atoms with van der Waals surface area (Å²) in [5.41, 5.74) is 1.92. The lowest BCUT2D eigenvalue weighted by Crippen LogP contribution is -2.21. The van der Waals surface area contributed by atoms with E-state index in [0.717, 1.165) is 23.4 Å². The van der Waals surface area contributed by atoms with Gasteiger partial charge in [0.2, 0.25) is 12.6 Å². The number of alkyl halides is 3. The van der Waals surface area contributed by atoms with Crippen molar-refractivity contribution in [2.75, 3.05) is 6.79 Å². The first-order chi connectivity index (χ1) is 15.9. The van der Waals surface area contributed by atoms with Crippen LogP contribution < -0.4 is 9.47 Å². The lowest BCUT2D eigenvalue weighted by molar-refractivity contribution is -0.137. The fourth-order valence-corrected chi connectivity index (χ4v) is 3.80. The molecule has 4 heterocycles. The van der Waals surface area contributed by atoms with Crippen molar-refractivity contribution >= 4 is 0 Å². The van der Waals surface area contributed by atoms with Crippen molar-refractivity contribution in [3.8, 4) is 34.5 Å². The summed E-state index contributed by atoms with van der Waals surface area (Å²) in [6.45, 7) is 1.02. The van der Waals surface area contributed by atoms with Crippen molar-refractivity contribution < 1.29 is 31.9 Å². The highest BCUT2D eigenvalue weighted by molar-refractivity contribution is 5.58. The lowest BCUT2D eigenvalue weighted by atomic mass is 10.1. The van der Waals surface area contributed by atoms with Gasteiger partial charge in [0, 0.05) is 5.56 Å². The van der Waals surface area contributed by atoms with Crippen LogP contribution in [0.5, 0.6) is 11.5 Å². The molecule has 0 saturated heterocycles. The number of hydrogen-bond donors (Lipinski definition) is 0. The van der Waals surface area contributed by atoms with Crippen LogP contribution in [0.2, 0.25) is 0 Å². The summed E-state index contributed by atoms with van der Waals surface area (Å²) in [4.78, 5) is 4.30. The van der Waals surface area contributed by atoms with Gasteiger partial charge in [-0.15, -0.1) is 0 Å². The summed E-state index contributed by atoms with van der Waals surface area (Å²) in [7, 11) is 0. The molecular formula is C22H15F3N4O4. The third-order valence-corrected chi connectivity index (χ3v) is 5.52. The van der Waals surface area contributed by atoms with Crippen molar-refractivity contribution in [3.05, 3.63) is 65.4 Å².